The molecule has 0 spiro atoms. The van der Waals surface area contributed by atoms with Crippen LogP contribution in [0, 0.1) is 6.92 Å². The number of carbonyl (C=O) groups is 1. The van der Waals surface area contributed by atoms with Crippen molar-refractivity contribution in [2.75, 3.05) is 25.0 Å². The van der Waals surface area contributed by atoms with Crippen LogP contribution in [0.3, 0.4) is 0 Å². The highest BCUT2D eigenvalue weighted by Crippen LogP contribution is 2.39. The molecule has 2 aromatic rings. The second-order valence-corrected chi connectivity index (χ2v) is 8.32. The van der Waals surface area contributed by atoms with Crippen LogP contribution < -0.4 is 10.1 Å². The first-order valence-electron chi connectivity index (χ1n) is 10.4. The molecule has 0 aliphatic carbocycles. The summed E-state index contributed by atoms with van der Waals surface area (Å²) in [7, 11) is 0. The molecule has 180 valence electrons. The number of anilines is 1. The highest BCUT2D eigenvalue weighted by molar-refractivity contribution is 6.31. The van der Waals surface area contributed by atoms with Crippen LogP contribution in [0.25, 0.3) is 0 Å². The lowest BCUT2D eigenvalue weighted by Crippen LogP contribution is -2.45. The van der Waals surface area contributed by atoms with E-state index in [4.69, 9.17) is 16.7 Å². The summed E-state index contributed by atoms with van der Waals surface area (Å²) >= 11 is 6.27. The van der Waals surface area contributed by atoms with Crippen molar-refractivity contribution in [3.05, 3.63) is 52.3 Å². The topological polar surface area (TPSA) is 74.7 Å². The number of ether oxygens (including phenoxy) is 1. The summed E-state index contributed by atoms with van der Waals surface area (Å²) in [6.45, 7) is 1.69. The van der Waals surface area contributed by atoms with Crippen molar-refractivity contribution in [1.82, 2.24) is 9.88 Å². The zero-order chi connectivity index (χ0) is 24.2. The molecular formula is C22H24ClF4N3O3. The van der Waals surface area contributed by atoms with Gasteiger partial charge in [-0.15, -0.1) is 13.2 Å². The summed E-state index contributed by atoms with van der Waals surface area (Å²) in [6.07, 6.45) is -2.12. The largest absolute Gasteiger partial charge is 0.573 e. The van der Waals surface area contributed by atoms with Crippen molar-refractivity contribution in [3.63, 3.8) is 0 Å². The summed E-state index contributed by atoms with van der Waals surface area (Å²) in [5, 5.41) is 11.8. The third-order valence-electron chi connectivity index (χ3n) is 5.44. The number of benzene rings is 1. The molecule has 0 unspecified atom stereocenters. The Morgan fingerprint density at radius 2 is 2.00 bits per heavy atom. The van der Waals surface area contributed by atoms with E-state index in [2.05, 4.69) is 15.0 Å². The highest BCUT2D eigenvalue weighted by atomic mass is 35.5. The number of aliphatic hydroxyl groups excluding tert-OH is 1. The van der Waals surface area contributed by atoms with E-state index < -0.39 is 18.1 Å². The standard InChI is InChI=1S/C22H24ClF4N3O3/c1-14-11-16(4-5-18(14)33-22(25,26)27)29-20(32)30-8-6-21(24,7-9-30)19-17(23)12-15(13-28-19)3-2-10-31/h4-5,11-13,31H,2-3,6-10H2,1H3,(H,29,32). The zero-order valence-electron chi connectivity index (χ0n) is 17.9. The number of likely N-dealkylation sites (tertiary alicyclic amines) is 1. The second-order valence-electron chi connectivity index (χ2n) is 7.91. The predicted molar refractivity (Wildman–Crippen MR) is 115 cm³/mol. The fourth-order valence-electron chi connectivity index (χ4n) is 3.70. The maximum atomic E-state index is 15.6. The van der Waals surface area contributed by atoms with Gasteiger partial charge in [-0.1, -0.05) is 11.6 Å². The Morgan fingerprint density at radius 3 is 2.58 bits per heavy atom. The molecule has 1 aliphatic heterocycles. The quantitative estimate of drug-likeness (QED) is 0.536. The highest BCUT2D eigenvalue weighted by Gasteiger charge is 2.40. The van der Waals surface area contributed by atoms with Crippen molar-refractivity contribution in [1.29, 1.82) is 0 Å². The van der Waals surface area contributed by atoms with Crippen molar-refractivity contribution in [3.8, 4) is 5.75 Å². The van der Waals surface area contributed by atoms with Gasteiger partial charge in [0.2, 0.25) is 0 Å². The minimum atomic E-state index is -4.81. The first-order chi connectivity index (χ1) is 15.5. The summed E-state index contributed by atoms with van der Waals surface area (Å²) < 4.78 is 56.7. The lowest BCUT2D eigenvalue weighted by atomic mass is 9.89. The van der Waals surface area contributed by atoms with Gasteiger partial charge in [-0.2, -0.15) is 0 Å². The van der Waals surface area contributed by atoms with Crippen molar-refractivity contribution in [2.24, 2.45) is 0 Å². The van der Waals surface area contributed by atoms with Crippen molar-refractivity contribution in [2.45, 2.75) is 44.6 Å². The van der Waals surface area contributed by atoms with Crippen LogP contribution in [0.4, 0.5) is 28.0 Å². The molecule has 2 heterocycles. The number of halogens is 5. The van der Waals surface area contributed by atoms with E-state index in [-0.39, 0.29) is 54.6 Å². The zero-order valence-corrected chi connectivity index (χ0v) is 18.6. The van der Waals surface area contributed by atoms with Crippen LogP contribution in [-0.2, 0) is 12.1 Å². The Hall–Kier alpha value is -2.59. The Kier molecular flexibility index (Phi) is 7.69. The maximum absolute atomic E-state index is 15.6. The first kappa shape index (κ1) is 25.0. The van der Waals surface area contributed by atoms with E-state index in [1.54, 1.807) is 12.3 Å². The van der Waals surface area contributed by atoms with Crippen LogP contribution >= 0.6 is 11.6 Å². The summed E-state index contributed by atoms with van der Waals surface area (Å²) in [5.74, 6) is -0.354. The van der Waals surface area contributed by atoms with E-state index in [1.807, 2.05) is 0 Å². The Bertz CT molecular complexity index is 995. The molecule has 1 saturated heterocycles. The van der Waals surface area contributed by atoms with Gasteiger partial charge in [0, 0.05) is 44.4 Å². The SMILES string of the molecule is Cc1cc(NC(=O)N2CCC(F)(c3ncc(CCCO)cc3Cl)CC2)ccc1OC(F)(F)F. The van der Waals surface area contributed by atoms with Crippen molar-refractivity contribution < 1.29 is 32.2 Å². The number of piperidine rings is 1. The minimum Gasteiger partial charge on any atom is -0.406 e. The molecule has 0 atom stereocenters. The molecule has 2 amide bonds. The van der Waals surface area contributed by atoms with E-state index in [0.717, 1.165) is 11.6 Å². The van der Waals surface area contributed by atoms with E-state index in [0.29, 0.717) is 18.5 Å². The number of pyridine rings is 1. The van der Waals surface area contributed by atoms with Gasteiger partial charge < -0.3 is 20.1 Å². The Morgan fingerprint density at radius 1 is 1.30 bits per heavy atom. The van der Waals surface area contributed by atoms with E-state index >= 15 is 4.39 Å². The number of hydrogen-bond donors (Lipinski definition) is 2. The molecule has 11 heteroatoms. The van der Waals surface area contributed by atoms with Gasteiger partial charge in [-0.3, -0.25) is 4.98 Å². The van der Waals surface area contributed by atoms with Gasteiger partial charge in [0.25, 0.3) is 0 Å². The number of aryl methyl sites for hydroxylation is 2. The minimum absolute atomic E-state index is 0.000511. The Labute approximate surface area is 193 Å². The third kappa shape index (κ3) is 6.48. The van der Waals surface area contributed by atoms with Crippen LogP contribution in [-0.4, -0.2) is 47.1 Å². The molecule has 1 fully saturated rings. The van der Waals surface area contributed by atoms with Gasteiger partial charge in [0.15, 0.2) is 5.67 Å². The molecule has 0 bridgehead atoms. The number of urea groups is 1. The summed E-state index contributed by atoms with van der Waals surface area (Å²) in [6, 6.07) is 4.95. The lowest BCUT2D eigenvalue weighted by Gasteiger charge is -2.36. The Balaban J connectivity index is 1.60. The van der Waals surface area contributed by atoms with Gasteiger partial charge >= 0.3 is 12.4 Å². The second kappa shape index (κ2) is 10.1. The van der Waals surface area contributed by atoms with Crippen LogP contribution in [0.5, 0.6) is 5.75 Å². The number of alkyl halides is 4. The summed E-state index contributed by atoms with van der Waals surface area (Å²) in [5.41, 5.74) is -0.341. The van der Waals surface area contributed by atoms with Gasteiger partial charge in [-0.05, 0) is 55.2 Å². The molecule has 33 heavy (non-hydrogen) atoms. The molecule has 6 nitrogen and oxygen atoms in total. The van der Waals surface area contributed by atoms with Gasteiger partial charge in [0.05, 0.1) is 10.7 Å². The van der Waals surface area contributed by atoms with Crippen LogP contribution in [0.1, 0.15) is 36.1 Å². The lowest BCUT2D eigenvalue weighted by molar-refractivity contribution is -0.274. The number of aliphatic hydroxyl groups is 1. The van der Waals surface area contributed by atoms with Crippen LogP contribution in [0.15, 0.2) is 30.5 Å². The fraction of sp³-hybridized carbons (Fsp3) is 0.455. The smallest absolute Gasteiger partial charge is 0.406 e. The van der Waals surface area contributed by atoms with Crippen LogP contribution in [0.2, 0.25) is 5.02 Å². The molecule has 1 aliphatic rings. The normalized spacial score (nSPS) is 15.9. The molecule has 1 aromatic heterocycles. The van der Waals surface area contributed by atoms with Gasteiger partial charge in [-0.25, -0.2) is 9.18 Å². The predicted octanol–water partition coefficient (Wildman–Crippen LogP) is 5.36. The van der Waals surface area contributed by atoms with E-state index in [9.17, 15) is 18.0 Å². The molecule has 2 N–H and O–H groups in total. The fourth-order valence-corrected chi connectivity index (χ4v) is 4.06. The van der Waals surface area contributed by atoms with Gasteiger partial charge in [0.1, 0.15) is 5.75 Å². The van der Waals surface area contributed by atoms with Crippen molar-refractivity contribution >= 4 is 23.3 Å². The number of hydrogen-bond acceptors (Lipinski definition) is 4. The number of rotatable bonds is 6. The number of nitrogens with one attached hydrogen (secondary N) is 1. The third-order valence-corrected chi connectivity index (χ3v) is 5.73. The van der Waals surface area contributed by atoms with E-state index in [1.165, 1.54) is 24.0 Å². The first-order valence-corrected chi connectivity index (χ1v) is 10.8. The molecule has 0 saturated carbocycles. The monoisotopic (exact) mass is 489 g/mol. The molecule has 0 radical (unpaired) electrons. The molecule has 3 rings (SSSR count). The number of carbonyl (C=O) groups excluding carboxylic acids is 1. The summed E-state index contributed by atoms with van der Waals surface area (Å²) in [4.78, 5) is 18.2. The number of aromatic nitrogens is 1. The molecular weight excluding hydrogens is 466 g/mol. The average Bonchev–Trinajstić information content (AvgIpc) is 2.73. The number of nitrogens with zero attached hydrogens (tertiary/aromatic N) is 2. The maximum Gasteiger partial charge on any atom is 0.573 e. The average molecular weight is 490 g/mol. The number of amides is 2. The molecule has 1 aromatic carbocycles.